The zero-order valence-electron chi connectivity index (χ0n) is 13.9. The van der Waals surface area contributed by atoms with Gasteiger partial charge in [0.2, 0.25) is 5.91 Å². The van der Waals surface area contributed by atoms with E-state index in [0.717, 1.165) is 0 Å². The number of carbonyl (C=O) groups is 2. The van der Waals surface area contributed by atoms with Crippen molar-refractivity contribution in [2.45, 2.75) is 22.6 Å². The zero-order chi connectivity index (χ0) is 18.3. The van der Waals surface area contributed by atoms with Crippen LogP contribution in [0.2, 0.25) is 0 Å². The molecule has 0 aromatic carbocycles. The van der Waals surface area contributed by atoms with Crippen LogP contribution < -0.4 is 10.6 Å². The number of carbonyl (C=O) groups excluding carboxylic acids is 2. The van der Waals surface area contributed by atoms with Gasteiger partial charge < -0.3 is 19.6 Å². The molecule has 0 bridgehead atoms. The van der Waals surface area contributed by atoms with Crippen LogP contribution in [0.25, 0.3) is 0 Å². The maximum atomic E-state index is 12.1. The number of aromatic nitrogens is 5. The second kappa shape index (κ2) is 6.33. The van der Waals surface area contributed by atoms with E-state index in [1.165, 1.54) is 18.8 Å². The lowest BCUT2D eigenvalue weighted by atomic mass is 9.89. The molecular formula is C15H15N7O3S. The van der Waals surface area contributed by atoms with E-state index in [9.17, 15) is 9.59 Å². The molecule has 4 rings (SSSR count). The van der Waals surface area contributed by atoms with Crippen molar-refractivity contribution in [2.75, 3.05) is 12.4 Å². The van der Waals surface area contributed by atoms with Crippen LogP contribution in [-0.4, -0.2) is 43.8 Å². The third-order valence-corrected chi connectivity index (χ3v) is 5.03. The lowest BCUT2D eigenvalue weighted by Crippen LogP contribution is -2.26. The number of H-pyrrole nitrogens is 1. The van der Waals surface area contributed by atoms with E-state index >= 15 is 0 Å². The van der Waals surface area contributed by atoms with Gasteiger partial charge in [-0.3, -0.25) is 14.7 Å². The maximum absolute atomic E-state index is 12.1. The fourth-order valence-electron chi connectivity index (χ4n) is 2.83. The first kappa shape index (κ1) is 16.4. The number of aromatic amines is 1. The van der Waals surface area contributed by atoms with Gasteiger partial charge in [0.05, 0.1) is 5.92 Å². The number of fused-ring (bicyclic) bond motifs is 1. The highest BCUT2D eigenvalue weighted by molar-refractivity contribution is 7.99. The predicted octanol–water partition coefficient (Wildman–Crippen LogP) is 1.12. The number of amides is 2. The fourth-order valence-corrected chi connectivity index (χ4v) is 3.56. The SMILES string of the molecule is CNC(=O)c1[nH]nc2c1[C@@H](c1ccc(Sc3nncn3C)o1)CC(=O)N2. The van der Waals surface area contributed by atoms with Gasteiger partial charge >= 0.3 is 0 Å². The van der Waals surface area contributed by atoms with E-state index in [0.29, 0.717) is 33.1 Å². The third kappa shape index (κ3) is 2.75. The molecule has 3 aromatic heterocycles. The molecule has 1 aliphatic rings. The normalized spacial score (nSPS) is 16.2. The summed E-state index contributed by atoms with van der Waals surface area (Å²) >= 11 is 1.32. The summed E-state index contributed by atoms with van der Waals surface area (Å²) in [5, 5.41) is 21.1. The van der Waals surface area contributed by atoms with E-state index in [1.807, 2.05) is 7.05 Å². The molecule has 0 unspecified atom stereocenters. The van der Waals surface area contributed by atoms with Crippen LogP contribution >= 0.6 is 11.8 Å². The number of aryl methyl sites for hydroxylation is 1. The molecule has 0 fully saturated rings. The Bertz CT molecular complexity index is 989. The summed E-state index contributed by atoms with van der Waals surface area (Å²) in [6.07, 6.45) is 1.77. The standard InChI is InChI=1S/C15H15N7O3S/c1-16-14(24)12-11-7(5-9(23)18-13(11)20-19-12)8-3-4-10(25-8)26-15-21-17-6-22(15)2/h3-4,6-7H,5H2,1-2H3,(H,16,24)(H2,18,19,20,23)/t7-/m1/s1. The third-order valence-electron chi connectivity index (χ3n) is 4.06. The largest absolute Gasteiger partial charge is 0.454 e. The second-order valence-electron chi connectivity index (χ2n) is 5.73. The molecule has 0 spiro atoms. The summed E-state index contributed by atoms with van der Waals surface area (Å²) in [6, 6.07) is 3.60. The van der Waals surface area contributed by atoms with Crippen molar-refractivity contribution >= 4 is 29.4 Å². The highest BCUT2D eigenvalue weighted by Crippen LogP contribution is 2.40. The van der Waals surface area contributed by atoms with Gasteiger partial charge in [0.1, 0.15) is 17.8 Å². The number of anilines is 1. The molecule has 1 atom stereocenters. The Morgan fingerprint density at radius 1 is 1.46 bits per heavy atom. The number of nitrogens with one attached hydrogen (secondary N) is 3. The van der Waals surface area contributed by atoms with Crippen molar-refractivity contribution in [1.82, 2.24) is 30.3 Å². The molecule has 0 radical (unpaired) electrons. The van der Waals surface area contributed by atoms with Crippen molar-refractivity contribution in [1.29, 1.82) is 0 Å². The predicted molar refractivity (Wildman–Crippen MR) is 90.9 cm³/mol. The number of nitrogens with zero attached hydrogens (tertiary/aromatic N) is 4. The Labute approximate surface area is 151 Å². The van der Waals surface area contributed by atoms with E-state index in [4.69, 9.17) is 4.42 Å². The molecule has 11 heteroatoms. The van der Waals surface area contributed by atoms with Crippen molar-refractivity contribution in [3.63, 3.8) is 0 Å². The summed E-state index contributed by atoms with van der Waals surface area (Å²) in [5.41, 5.74) is 0.930. The molecule has 0 aliphatic carbocycles. The minimum atomic E-state index is -0.404. The summed E-state index contributed by atoms with van der Waals surface area (Å²) in [6.45, 7) is 0. The summed E-state index contributed by atoms with van der Waals surface area (Å²) in [4.78, 5) is 24.1. The Morgan fingerprint density at radius 2 is 2.31 bits per heavy atom. The van der Waals surface area contributed by atoms with Crippen LogP contribution in [0.1, 0.15) is 34.2 Å². The van der Waals surface area contributed by atoms with Crippen LogP contribution in [0.4, 0.5) is 5.82 Å². The minimum Gasteiger partial charge on any atom is -0.454 e. The second-order valence-corrected chi connectivity index (χ2v) is 6.70. The van der Waals surface area contributed by atoms with Crippen molar-refractivity contribution in [3.05, 3.63) is 35.5 Å². The van der Waals surface area contributed by atoms with Crippen LogP contribution in [0.5, 0.6) is 0 Å². The molecule has 0 saturated heterocycles. The monoisotopic (exact) mass is 373 g/mol. The average molecular weight is 373 g/mol. The molecule has 3 N–H and O–H groups in total. The van der Waals surface area contributed by atoms with Gasteiger partial charge in [-0.15, -0.1) is 10.2 Å². The molecule has 1 aliphatic heterocycles. The molecule has 134 valence electrons. The molecule has 4 heterocycles. The molecule has 10 nitrogen and oxygen atoms in total. The van der Waals surface area contributed by atoms with Gasteiger partial charge in [0.25, 0.3) is 5.91 Å². The van der Waals surface area contributed by atoms with Crippen LogP contribution in [0, 0.1) is 0 Å². The summed E-state index contributed by atoms with van der Waals surface area (Å²) in [5.74, 6) is 0.0382. The van der Waals surface area contributed by atoms with E-state index in [-0.39, 0.29) is 18.2 Å². The summed E-state index contributed by atoms with van der Waals surface area (Å²) in [7, 11) is 3.37. The first-order chi connectivity index (χ1) is 12.6. The van der Waals surface area contributed by atoms with E-state index in [1.54, 1.807) is 23.0 Å². The van der Waals surface area contributed by atoms with Crippen LogP contribution in [0.15, 0.2) is 33.1 Å². The Morgan fingerprint density at radius 3 is 3.04 bits per heavy atom. The van der Waals surface area contributed by atoms with Gasteiger partial charge in [0.15, 0.2) is 16.1 Å². The lowest BCUT2D eigenvalue weighted by Gasteiger charge is -2.20. The lowest BCUT2D eigenvalue weighted by molar-refractivity contribution is -0.116. The van der Waals surface area contributed by atoms with E-state index < -0.39 is 5.92 Å². The molecule has 3 aromatic rings. The van der Waals surface area contributed by atoms with Crippen LogP contribution in [0.3, 0.4) is 0 Å². The molecule has 0 saturated carbocycles. The summed E-state index contributed by atoms with van der Waals surface area (Å²) < 4.78 is 7.70. The first-order valence-electron chi connectivity index (χ1n) is 7.78. The van der Waals surface area contributed by atoms with Gasteiger partial charge in [-0.05, 0) is 23.9 Å². The number of hydrogen-bond acceptors (Lipinski definition) is 7. The molecular weight excluding hydrogens is 358 g/mol. The highest BCUT2D eigenvalue weighted by Gasteiger charge is 2.35. The van der Waals surface area contributed by atoms with Gasteiger partial charge in [0, 0.05) is 26.1 Å². The Kier molecular flexibility index (Phi) is 3.99. The quantitative estimate of drug-likeness (QED) is 0.624. The minimum absolute atomic E-state index is 0.165. The van der Waals surface area contributed by atoms with Crippen LogP contribution in [-0.2, 0) is 11.8 Å². The van der Waals surface area contributed by atoms with Crippen molar-refractivity contribution in [3.8, 4) is 0 Å². The number of hydrogen-bond donors (Lipinski definition) is 3. The van der Waals surface area contributed by atoms with E-state index in [2.05, 4.69) is 31.0 Å². The Hall–Kier alpha value is -3.08. The van der Waals surface area contributed by atoms with Crippen molar-refractivity contribution < 1.29 is 14.0 Å². The average Bonchev–Trinajstić information content (AvgIpc) is 3.34. The molecule has 2 amide bonds. The topological polar surface area (TPSA) is 131 Å². The van der Waals surface area contributed by atoms with Gasteiger partial charge in [-0.25, -0.2) is 0 Å². The number of furan rings is 1. The highest BCUT2D eigenvalue weighted by atomic mass is 32.2. The molecule has 26 heavy (non-hydrogen) atoms. The van der Waals surface area contributed by atoms with Gasteiger partial charge in [-0.1, -0.05) is 0 Å². The van der Waals surface area contributed by atoms with Gasteiger partial charge in [-0.2, -0.15) is 5.10 Å². The number of rotatable bonds is 4. The zero-order valence-corrected chi connectivity index (χ0v) is 14.8. The Balaban J connectivity index is 1.69. The van der Waals surface area contributed by atoms with Crippen molar-refractivity contribution in [2.24, 2.45) is 7.05 Å². The smallest absolute Gasteiger partial charge is 0.269 e. The fraction of sp³-hybridized carbons (Fsp3) is 0.267. The maximum Gasteiger partial charge on any atom is 0.269 e. The first-order valence-corrected chi connectivity index (χ1v) is 8.60.